The van der Waals surface area contributed by atoms with Crippen LogP contribution in [0.1, 0.15) is 29.3 Å². The molecule has 1 unspecified atom stereocenters. The minimum Gasteiger partial charge on any atom is -0.378 e. The average Bonchev–Trinajstić information content (AvgIpc) is 2.87. The molecule has 1 N–H and O–H groups in total. The van der Waals surface area contributed by atoms with Gasteiger partial charge in [-0.1, -0.05) is 0 Å². The largest absolute Gasteiger partial charge is 0.378 e. The molecule has 0 fully saturated rings. The normalized spacial score (nSPS) is 17.6. The van der Waals surface area contributed by atoms with Crippen molar-refractivity contribution in [1.82, 2.24) is 0 Å². The fourth-order valence-electron chi connectivity index (χ4n) is 2.58. The zero-order valence-corrected chi connectivity index (χ0v) is 13.6. The van der Waals surface area contributed by atoms with Crippen molar-refractivity contribution in [2.24, 2.45) is 0 Å². The van der Waals surface area contributed by atoms with Gasteiger partial charge >= 0.3 is 0 Å². The quantitative estimate of drug-likeness (QED) is 0.460. The fourth-order valence-corrected chi connectivity index (χ4v) is 4.28. The number of nitro benzene ring substituents is 1. The first-order chi connectivity index (χ1) is 9.65. The van der Waals surface area contributed by atoms with E-state index in [0.717, 1.165) is 12.1 Å². The van der Waals surface area contributed by atoms with Crippen LogP contribution in [0.15, 0.2) is 29.6 Å². The monoisotopic (exact) mass is 400 g/mol. The average molecular weight is 400 g/mol. The Bertz CT molecular complexity index is 656. The van der Waals surface area contributed by atoms with Crippen molar-refractivity contribution in [1.29, 1.82) is 0 Å². The Labute approximate surface area is 134 Å². The van der Waals surface area contributed by atoms with Crippen LogP contribution in [0.2, 0.25) is 0 Å². The van der Waals surface area contributed by atoms with Crippen molar-refractivity contribution in [3.63, 3.8) is 0 Å². The molecule has 0 saturated carbocycles. The Morgan fingerprint density at radius 3 is 3.00 bits per heavy atom. The lowest BCUT2D eigenvalue weighted by atomic mass is 9.94. The molecule has 0 amide bonds. The molecule has 1 atom stereocenters. The molecule has 1 aliphatic carbocycles. The molecular weight excluding hydrogens is 387 g/mol. The second-order valence-corrected chi connectivity index (χ2v) is 6.97. The molecule has 1 aromatic carbocycles. The van der Waals surface area contributed by atoms with Gasteiger partial charge in [0.05, 0.1) is 14.5 Å². The molecule has 1 heterocycles. The van der Waals surface area contributed by atoms with E-state index < -0.39 is 0 Å². The number of rotatable bonds is 3. The summed E-state index contributed by atoms with van der Waals surface area (Å²) < 4.78 is 0.666. The molecule has 3 rings (SSSR count). The minimum absolute atomic E-state index is 0.163. The maximum atomic E-state index is 10.8. The summed E-state index contributed by atoms with van der Waals surface area (Å²) in [5, 5.41) is 16.5. The number of nitrogens with one attached hydrogen (secondary N) is 1. The molecule has 1 aromatic heterocycles. The van der Waals surface area contributed by atoms with Crippen LogP contribution in [-0.4, -0.2) is 4.92 Å². The van der Waals surface area contributed by atoms with E-state index in [9.17, 15) is 10.1 Å². The van der Waals surface area contributed by atoms with Crippen LogP contribution in [0, 0.1) is 13.7 Å². The van der Waals surface area contributed by atoms with Gasteiger partial charge in [-0.15, -0.1) is 11.3 Å². The third kappa shape index (κ3) is 2.67. The summed E-state index contributed by atoms with van der Waals surface area (Å²) in [5.41, 5.74) is 2.50. The molecule has 1 aliphatic rings. The van der Waals surface area contributed by atoms with E-state index in [-0.39, 0.29) is 10.6 Å². The van der Waals surface area contributed by atoms with E-state index in [4.69, 9.17) is 0 Å². The van der Waals surface area contributed by atoms with Crippen molar-refractivity contribution in [2.45, 2.75) is 25.3 Å². The highest BCUT2D eigenvalue weighted by molar-refractivity contribution is 14.1. The maximum absolute atomic E-state index is 10.8. The molecule has 0 radical (unpaired) electrons. The van der Waals surface area contributed by atoms with Gasteiger partial charge in [-0.3, -0.25) is 10.1 Å². The van der Waals surface area contributed by atoms with Crippen molar-refractivity contribution in [3.05, 3.63) is 53.8 Å². The number of halogens is 1. The number of thiophene rings is 1. The summed E-state index contributed by atoms with van der Waals surface area (Å²) in [5.74, 6) is 0. The van der Waals surface area contributed by atoms with E-state index in [1.165, 1.54) is 23.3 Å². The van der Waals surface area contributed by atoms with Gasteiger partial charge in [0.1, 0.15) is 0 Å². The van der Waals surface area contributed by atoms with E-state index in [2.05, 4.69) is 16.8 Å². The Balaban J connectivity index is 1.83. The van der Waals surface area contributed by atoms with Gasteiger partial charge in [0.15, 0.2) is 0 Å². The number of anilines is 1. The summed E-state index contributed by atoms with van der Waals surface area (Å²) in [6.45, 7) is 0. The topological polar surface area (TPSA) is 55.2 Å². The van der Waals surface area contributed by atoms with E-state index >= 15 is 0 Å². The van der Waals surface area contributed by atoms with Crippen molar-refractivity contribution in [2.75, 3.05) is 5.32 Å². The number of hydrogen-bond donors (Lipinski definition) is 1. The Morgan fingerprint density at radius 2 is 2.25 bits per heavy atom. The lowest BCUT2D eigenvalue weighted by Gasteiger charge is -2.24. The number of nitrogens with zero attached hydrogens (tertiary/aromatic N) is 1. The summed E-state index contributed by atoms with van der Waals surface area (Å²) in [6.07, 6.45) is 3.47. The minimum atomic E-state index is -0.344. The Kier molecular flexibility index (Phi) is 3.93. The molecular formula is C14H13IN2O2S. The summed E-state index contributed by atoms with van der Waals surface area (Å²) in [6, 6.07) is 7.72. The standard InChI is InChI=1S/C14H13IN2O2S/c15-11-8-9(4-5-13(11)17(18)19)16-12-2-1-3-14-10(12)6-7-20-14/h4-8,12,16H,1-3H2. The first kappa shape index (κ1) is 13.8. The lowest BCUT2D eigenvalue weighted by Crippen LogP contribution is -2.15. The highest BCUT2D eigenvalue weighted by Crippen LogP contribution is 2.36. The molecule has 2 aromatic rings. The summed E-state index contributed by atoms with van der Waals surface area (Å²) in [4.78, 5) is 12.0. The van der Waals surface area contributed by atoms with E-state index in [0.29, 0.717) is 9.61 Å². The van der Waals surface area contributed by atoms with E-state index in [1.807, 2.05) is 40.0 Å². The number of fused-ring (bicyclic) bond motifs is 1. The van der Waals surface area contributed by atoms with Gasteiger partial charge in [-0.05, 0) is 71.0 Å². The lowest BCUT2D eigenvalue weighted by molar-refractivity contribution is -0.385. The zero-order chi connectivity index (χ0) is 14.1. The van der Waals surface area contributed by atoms with Gasteiger partial charge in [-0.25, -0.2) is 0 Å². The highest BCUT2D eigenvalue weighted by atomic mass is 127. The van der Waals surface area contributed by atoms with Crippen LogP contribution in [-0.2, 0) is 6.42 Å². The second-order valence-electron chi connectivity index (χ2n) is 4.81. The van der Waals surface area contributed by atoms with Gasteiger partial charge in [-0.2, -0.15) is 0 Å². The smallest absolute Gasteiger partial charge is 0.282 e. The molecule has 4 nitrogen and oxygen atoms in total. The van der Waals surface area contributed by atoms with Crippen LogP contribution < -0.4 is 5.32 Å². The number of nitro groups is 1. The van der Waals surface area contributed by atoms with Gasteiger partial charge in [0, 0.05) is 16.6 Å². The summed E-state index contributed by atoms with van der Waals surface area (Å²) in [7, 11) is 0. The summed E-state index contributed by atoms with van der Waals surface area (Å²) >= 11 is 3.83. The third-order valence-electron chi connectivity index (χ3n) is 3.54. The first-order valence-corrected chi connectivity index (χ1v) is 8.38. The van der Waals surface area contributed by atoms with Crippen LogP contribution in [0.25, 0.3) is 0 Å². The highest BCUT2D eigenvalue weighted by Gasteiger charge is 2.21. The number of hydrogen-bond acceptors (Lipinski definition) is 4. The predicted molar refractivity (Wildman–Crippen MR) is 89.4 cm³/mol. The van der Waals surface area contributed by atoms with Crippen molar-refractivity contribution >= 4 is 45.3 Å². The third-order valence-corrected chi connectivity index (χ3v) is 5.40. The zero-order valence-electron chi connectivity index (χ0n) is 10.6. The van der Waals surface area contributed by atoms with E-state index in [1.54, 1.807) is 12.1 Å². The Hall–Kier alpha value is -1.15. The first-order valence-electron chi connectivity index (χ1n) is 6.42. The van der Waals surface area contributed by atoms with Crippen molar-refractivity contribution in [3.8, 4) is 0 Å². The molecule has 0 aliphatic heterocycles. The van der Waals surface area contributed by atoms with Gasteiger partial charge in [0.25, 0.3) is 5.69 Å². The van der Waals surface area contributed by atoms with Crippen LogP contribution >= 0.6 is 33.9 Å². The molecule has 0 saturated heterocycles. The van der Waals surface area contributed by atoms with Gasteiger partial charge in [0.2, 0.25) is 0 Å². The van der Waals surface area contributed by atoms with Crippen LogP contribution in [0.4, 0.5) is 11.4 Å². The predicted octanol–water partition coefficient (Wildman–Crippen LogP) is 4.75. The number of aryl methyl sites for hydroxylation is 1. The van der Waals surface area contributed by atoms with Crippen LogP contribution in [0.3, 0.4) is 0 Å². The van der Waals surface area contributed by atoms with Crippen LogP contribution in [0.5, 0.6) is 0 Å². The van der Waals surface area contributed by atoms with Gasteiger partial charge < -0.3 is 5.32 Å². The molecule has 104 valence electrons. The molecule has 20 heavy (non-hydrogen) atoms. The SMILES string of the molecule is O=[N+]([O-])c1ccc(NC2CCCc3sccc32)cc1I. The number of benzene rings is 1. The fraction of sp³-hybridized carbons (Fsp3) is 0.286. The molecule has 0 bridgehead atoms. The molecule has 6 heteroatoms. The Morgan fingerprint density at radius 1 is 1.40 bits per heavy atom. The molecule has 0 spiro atoms. The second kappa shape index (κ2) is 5.69. The van der Waals surface area contributed by atoms with Crippen molar-refractivity contribution < 1.29 is 4.92 Å². The maximum Gasteiger partial charge on any atom is 0.282 e.